The number of esters is 1. The molecule has 0 saturated heterocycles. The Morgan fingerprint density at radius 3 is 2.46 bits per heavy atom. The molecule has 0 aromatic heterocycles. The van der Waals surface area contributed by atoms with Gasteiger partial charge in [0, 0.05) is 12.2 Å². The quantitative estimate of drug-likeness (QED) is 0.486. The Bertz CT molecular complexity index is 613. The first-order chi connectivity index (χ1) is 11.7. The molecular formula is C19H23NO4. The topological polar surface area (TPSA) is 78.8 Å². The van der Waals surface area contributed by atoms with Gasteiger partial charge in [-0.05, 0) is 42.7 Å². The Hall–Kier alpha value is -2.37. The molecule has 0 fully saturated rings. The van der Waals surface area contributed by atoms with Crippen molar-refractivity contribution in [2.45, 2.75) is 18.9 Å². The van der Waals surface area contributed by atoms with Gasteiger partial charge in [-0.3, -0.25) is 0 Å². The van der Waals surface area contributed by atoms with Gasteiger partial charge in [0.15, 0.2) is 0 Å². The van der Waals surface area contributed by atoms with Crippen LogP contribution in [0.1, 0.15) is 22.3 Å². The molecule has 5 heteroatoms. The van der Waals surface area contributed by atoms with Crippen molar-refractivity contribution < 1.29 is 19.7 Å². The summed E-state index contributed by atoms with van der Waals surface area (Å²) >= 11 is 0. The van der Waals surface area contributed by atoms with E-state index < -0.39 is 18.7 Å². The molecule has 0 saturated carbocycles. The highest BCUT2D eigenvalue weighted by Gasteiger charge is 2.10. The number of carbonyl (C=O) groups is 1. The predicted octanol–water partition coefficient (Wildman–Crippen LogP) is 2.24. The van der Waals surface area contributed by atoms with Crippen molar-refractivity contribution in [2.75, 3.05) is 25.1 Å². The molecule has 0 aliphatic heterocycles. The molecule has 2 aromatic carbocycles. The predicted molar refractivity (Wildman–Crippen MR) is 93.1 cm³/mol. The summed E-state index contributed by atoms with van der Waals surface area (Å²) < 4.78 is 4.90. The molecule has 3 N–H and O–H groups in total. The van der Waals surface area contributed by atoms with Crippen molar-refractivity contribution >= 4 is 11.7 Å². The smallest absolute Gasteiger partial charge is 0.338 e. The standard InChI is InChI=1S/C19H23NO4/c21-13-18(22)14-24-19(23)16-8-10-17(11-9-16)20-12-4-7-15-5-2-1-3-6-15/h1-3,5-6,8-11,18,20-22H,4,7,12-14H2/t18-/m0/s1. The summed E-state index contributed by atoms with van der Waals surface area (Å²) in [6.07, 6.45) is 0.998. The highest BCUT2D eigenvalue weighted by atomic mass is 16.5. The molecule has 0 aliphatic rings. The van der Waals surface area contributed by atoms with Gasteiger partial charge in [0.05, 0.1) is 12.2 Å². The maximum atomic E-state index is 11.8. The maximum absolute atomic E-state index is 11.8. The fraction of sp³-hybridized carbons (Fsp3) is 0.316. The lowest BCUT2D eigenvalue weighted by Gasteiger charge is -2.10. The summed E-state index contributed by atoms with van der Waals surface area (Å²) in [6, 6.07) is 17.3. The summed E-state index contributed by atoms with van der Waals surface area (Å²) in [5.41, 5.74) is 2.67. The first kappa shape index (κ1) is 18.0. The van der Waals surface area contributed by atoms with Gasteiger partial charge < -0.3 is 20.3 Å². The molecule has 0 aliphatic carbocycles. The van der Waals surface area contributed by atoms with Crippen LogP contribution in [0.4, 0.5) is 5.69 Å². The number of benzene rings is 2. The van der Waals surface area contributed by atoms with Crippen molar-refractivity contribution in [3.05, 3.63) is 65.7 Å². The average molecular weight is 329 g/mol. The lowest BCUT2D eigenvalue weighted by molar-refractivity contribution is 0.00933. The van der Waals surface area contributed by atoms with E-state index >= 15 is 0 Å². The zero-order valence-electron chi connectivity index (χ0n) is 13.5. The Morgan fingerprint density at radius 2 is 1.79 bits per heavy atom. The van der Waals surface area contributed by atoms with Crippen LogP contribution in [0.2, 0.25) is 0 Å². The molecule has 24 heavy (non-hydrogen) atoms. The van der Waals surface area contributed by atoms with E-state index in [9.17, 15) is 4.79 Å². The monoisotopic (exact) mass is 329 g/mol. The van der Waals surface area contributed by atoms with E-state index in [4.69, 9.17) is 14.9 Å². The van der Waals surface area contributed by atoms with Crippen LogP contribution in [0.25, 0.3) is 0 Å². The number of carbonyl (C=O) groups excluding carboxylic acids is 1. The van der Waals surface area contributed by atoms with E-state index in [2.05, 4.69) is 17.4 Å². The number of hydrogen-bond acceptors (Lipinski definition) is 5. The highest BCUT2D eigenvalue weighted by Crippen LogP contribution is 2.11. The number of anilines is 1. The van der Waals surface area contributed by atoms with Gasteiger partial charge in [-0.15, -0.1) is 0 Å². The third kappa shape index (κ3) is 6.02. The molecule has 2 rings (SSSR count). The van der Waals surface area contributed by atoms with Gasteiger partial charge in [0.1, 0.15) is 12.7 Å². The Balaban J connectivity index is 1.72. The minimum atomic E-state index is -1.04. The number of aryl methyl sites for hydroxylation is 1. The average Bonchev–Trinajstić information content (AvgIpc) is 2.64. The molecule has 0 spiro atoms. The summed E-state index contributed by atoms with van der Waals surface area (Å²) in [7, 11) is 0. The van der Waals surface area contributed by atoms with E-state index in [0.29, 0.717) is 5.56 Å². The van der Waals surface area contributed by atoms with Gasteiger partial charge in [0.2, 0.25) is 0 Å². The fourth-order valence-corrected chi connectivity index (χ4v) is 2.20. The minimum absolute atomic E-state index is 0.213. The Kier molecular flexibility index (Phi) is 7.26. The van der Waals surface area contributed by atoms with Crippen LogP contribution in [0, 0.1) is 0 Å². The highest BCUT2D eigenvalue weighted by molar-refractivity contribution is 5.89. The van der Waals surface area contributed by atoms with E-state index in [1.165, 1.54) is 5.56 Å². The van der Waals surface area contributed by atoms with Crippen LogP contribution in [-0.2, 0) is 11.2 Å². The third-order valence-corrected chi connectivity index (χ3v) is 3.55. The van der Waals surface area contributed by atoms with Crippen LogP contribution in [0.15, 0.2) is 54.6 Å². The number of ether oxygens (including phenoxy) is 1. The largest absolute Gasteiger partial charge is 0.459 e. The normalized spacial score (nSPS) is 11.8. The zero-order valence-corrected chi connectivity index (χ0v) is 13.5. The van der Waals surface area contributed by atoms with E-state index in [-0.39, 0.29) is 6.61 Å². The molecule has 0 radical (unpaired) electrons. The number of aliphatic hydroxyl groups excluding tert-OH is 2. The van der Waals surface area contributed by atoms with Gasteiger partial charge in [-0.2, -0.15) is 0 Å². The Morgan fingerprint density at radius 1 is 1.08 bits per heavy atom. The molecule has 128 valence electrons. The summed E-state index contributed by atoms with van der Waals surface area (Å²) in [6.45, 7) is 0.204. The van der Waals surface area contributed by atoms with Gasteiger partial charge >= 0.3 is 5.97 Å². The molecule has 2 aromatic rings. The lowest BCUT2D eigenvalue weighted by atomic mass is 10.1. The number of aliphatic hydroxyl groups is 2. The van der Waals surface area contributed by atoms with Gasteiger partial charge in [-0.1, -0.05) is 30.3 Å². The molecular weight excluding hydrogens is 306 g/mol. The lowest BCUT2D eigenvalue weighted by Crippen LogP contribution is -2.21. The molecule has 0 amide bonds. The second-order valence-corrected chi connectivity index (χ2v) is 5.53. The molecule has 5 nitrogen and oxygen atoms in total. The second kappa shape index (κ2) is 9.70. The number of rotatable bonds is 9. The molecule has 0 unspecified atom stereocenters. The maximum Gasteiger partial charge on any atom is 0.338 e. The zero-order chi connectivity index (χ0) is 17.2. The van der Waals surface area contributed by atoms with Crippen LogP contribution in [0.3, 0.4) is 0 Å². The third-order valence-electron chi connectivity index (χ3n) is 3.55. The van der Waals surface area contributed by atoms with Gasteiger partial charge in [0.25, 0.3) is 0 Å². The van der Waals surface area contributed by atoms with E-state index in [1.807, 2.05) is 30.3 Å². The van der Waals surface area contributed by atoms with Gasteiger partial charge in [-0.25, -0.2) is 4.79 Å². The number of nitrogens with one attached hydrogen (secondary N) is 1. The molecule has 1 atom stereocenters. The summed E-state index contributed by atoms with van der Waals surface area (Å²) in [5, 5.41) is 21.2. The SMILES string of the molecule is O=C(OC[C@@H](O)CO)c1ccc(NCCCc2ccccc2)cc1. The van der Waals surface area contributed by atoms with E-state index in [0.717, 1.165) is 25.1 Å². The fourth-order valence-electron chi connectivity index (χ4n) is 2.20. The van der Waals surface area contributed by atoms with Crippen LogP contribution in [-0.4, -0.2) is 42.0 Å². The van der Waals surface area contributed by atoms with Crippen molar-refractivity contribution in [2.24, 2.45) is 0 Å². The van der Waals surface area contributed by atoms with Crippen molar-refractivity contribution in [1.29, 1.82) is 0 Å². The second-order valence-electron chi connectivity index (χ2n) is 5.53. The van der Waals surface area contributed by atoms with Crippen molar-refractivity contribution in [3.63, 3.8) is 0 Å². The molecule has 0 heterocycles. The first-order valence-corrected chi connectivity index (χ1v) is 8.03. The van der Waals surface area contributed by atoms with Crippen LogP contribution in [0.5, 0.6) is 0 Å². The Labute approximate surface area is 141 Å². The first-order valence-electron chi connectivity index (χ1n) is 8.03. The van der Waals surface area contributed by atoms with Crippen molar-refractivity contribution in [3.8, 4) is 0 Å². The molecule has 0 bridgehead atoms. The summed E-state index contributed by atoms with van der Waals surface area (Å²) in [4.78, 5) is 11.8. The van der Waals surface area contributed by atoms with E-state index in [1.54, 1.807) is 12.1 Å². The number of hydrogen-bond donors (Lipinski definition) is 3. The van der Waals surface area contributed by atoms with Crippen LogP contribution < -0.4 is 5.32 Å². The van der Waals surface area contributed by atoms with Crippen LogP contribution >= 0.6 is 0 Å². The van der Waals surface area contributed by atoms with Crippen molar-refractivity contribution in [1.82, 2.24) is 0 Å². The minimum Gasteiger partial charge on any atom is -0.459 e. The summed E-state index contributed by atoms with van der Waals surface area (Å²) in [5.74, 6) is -0.516.